The first-order valence-corrected chi connectivity index (χ1v) is 4.96. The summed E-state index contributed by atoms with van der Waals surface area (Å²) < 4.78 is 15.0. The monoisotopic (exact) mass is 221 g/mol. The predicted octanol–water partition coefficient (Wildman–Crippen LogP) is 1.18. The predicted molar refractivity (Wildman–Crippen MR) is 58.1 cm³/mol. The van der Waals surface area contributed by atoms with Crippen LogP contribution in [-0.4, -0.2) is 28.8 Å². The highest BCUT2D eigenvalue weighted by Gasteiger charge is 2.16. The molecule has 2 aromatic rings. The van der Waals surface area contributed by atoms with E-state index in [4.69, 9.17) is 0 Å². The van der Waals surface area contributed by atoms with Crippen molar-refractivity contribution in [1.29, 1.82) is 0 Å². The Balaban J connectivity index is 2.60. The minimum absolute atomic E-state index is 0.136. The lowest BCUT2D eigenvalue weighted by Crippen LogP contribution is -2.19. The number of pyridine rings is 1. The Morgan fingerprint density at radius 2 is 2.38 bits per heavy atom. The van der Waals surface area contributed by atoms with Gasteiger partial charge in [-0.05, 0) is 26.1 Å². The number of hydrogen-bond donors (Lipinski definition) is 1. The van der Waals surface area contributed by atoms with E-state index in [-0.39, 0.29) is 18.0 Å². The molecule has 0 bridgehead atoms. The average molecular weight is 221 g/mol. The number of ketones is 1. The number of imidazole rings is 1. The minimum Gasteiger partial charge on any atom is -0.313 e. The van der Waals surface area contributed by atoms with Crippen molar-refractivity contribution in [1.82, 2.24) is 14.7 Å². The zero-order chi connectivity index (χ0) is 11.7. The zero-order valence-corrected chi connectivity index (χ0v) is 9.12. The topological polar surface area (TPSA) is 46.4 Å². The molecule has 0 unspecified atom stereocenters. The van der Waals surface area contributed by atoms with E-state index in [1.165, 1.54) is 6.07 Å². The minimum atomic E-state index is -0.422. The smallest absolute Gasteiger partial charge is 0.196 e. The Morgan fingerprint density at radius 3 is 3.00 bits per heavy atom. The van der Waals surface area contributed by atoms with Crippen LogP contribution in [0.1, 0.15) is 16.2 Å². The normalized spacial score (nSPS) is 10.9. The van der Waals surface area contributed by atoms with Crippen LogP contribution in [-0.2, 0) is 0 Å². The third-order valence-corrected chi connectivity index (χ3v) is 2.44. The highest BCUT2D eigenvalue weighted by Crippen LogP contribution is 2.14. The number of halogens is 1. The Labute approximate surface area is 92.1 Å². The number of aryl methyl sites for hydroxylation is 1. The van der Waals surface area contributed by atoms with Crippen LogP contribution in [0.15, 0.2) is 18.3 Å². The van der Waals surface area contributed by atoms with E-state index in [1.807, 2.05) is 0 Å². The van der Waals surface area contributed by atoms with Crippen LogP contribution in [0.3, 0.4) is 0 Å². The summed E-state index contributed by atoms with van der Waals surface area (Å²) in [4.78, 5) is 15.7. The van der Waals surface area contributed by atoms with E-state index in [9.17, 15) is 9.18 Å². The first kappa shape index (κ1) is 10.8. The highest BCUT2D eigenvalue weighted by atomic mass is 19.1. The van der Waals surface area contributed by atoms with Crippen molar-refractivity contribution in [3.05, 3.63) is 35.5 Å². The lowest BCUT2D eigenvalue weighted by atomic mass is 10.2. The number of rotatable bonds is 3. The van der Waals surface area contributed by atoms with Gasteiger partial charge in [-0.25, -0.2) is 9.37 Å². The second-order valence-electron chi connectivity index (χ2n) is 3.55. The van der Waals surface area contributed by atoms with Gasteiger partial charge >= 0.3 is 0 Å². The fourth-order valence-corrected chi connectivity index (χ4v) is 1.66. The maximum absolute atomic E-state index is 13.4. The molecule has 4 nitrogen and oxygen atoms in total. The van der Waals surface area contributed by atoms with Gasteiger partial charge in [0.2, 0.25) is 0 Å². The molecule has 0 radical (unpaired) electrons. The molecule has 5 heteroatoms. The molecule has 2 heterocycles. The molecule has 0 aliphatic rings. The summed E-state index contributed by atoms with van der Waals surface area (Å²) in [6.45, 7) is 1.95. The molecule has 16 heavy (non-hydrogen) atoms. The molecule has 0 aromatic carbocycles. The van der Waals surface area contributed by atoms with Gasteiger partial charge in [0.15, 0.2) is 17.2 Å². The standard InChI is InChI=1S/C11H12FN3O/c1-7-10(9(16)6-13-2)14-11-8(12)4-3-5-15(7)11/h3-5,13H,6H2,1-2H3. The summed E-state index contributed by atoms with van der Waals surface area (Å²) in [6.07, 6.45) is 1.69. The van der Waals surface area contributed by atoms with Crippen LogP contribution in [0, 0.1) is 12.7 Å². The molecule has 0 amide bonds. The summed E-state index contributed by atoms with van der Waals surface area (Å²) in [5.41, 5.74) is 1.17. The van der Waals surface area contributed by atoms with E-state index in [0.717, 1.165) is 0 Å². The molecule has 0 atom stereocenters. The number of aromatic nitrogens is 2. The summed E-state index contributed by atoms with van der Waals surface area (Å²) in [5, 5.41) is 2.76. The van der Waals surface area contributed by atoms with Crippen LogP contribution < -0.4 is 5.32 Å². The molecule has 0 fully saturated rings. The van der Waals surface area contributed by atoms with Crippen molar-refractivity contribution < 1.29 is 9.18 Å². The summed E-state index contributed by atoms with van der Waals surface area (Å²) in [5.74, 6) is -0.558. The molecule has 2 rings (SSSR count). The fourth-order valence-electron chi connectivity index (χ4n) is 1.66. The summed E-state index contributed by atoms with van der Waals surface area (Å²) >= 11 is 0. The highest BCUT2D eigenvalue weighted by molar-refractivity contribution is 5.97. The third kappa shape index (κ3) is 1.59. The van der Waals surface area contributed by atoms with E-state index in [0.29, 0.717) is 11.4 Å². The molecular formula is C11H12FN3O. The van der Waals surface area contributed by atoms with Gasteiger partial charge in [0, 0.05) is 6.20 Å². The number of hydrogen-bond acceptors (Lipinski definition) is 3. The zero-order valence-electron chi connectivity index (χ0n) is 9.12. The maximum atomic E-state index is 13.4. The van der Waals surface area contributed by atoms with Gasteiger partial charge in [0.25, 0.3) is 0 Å². The van der Waals surface area contributed by atoms with E-state index >= 15 is 0 Å². The molecule has 0 aliphatic heterocycles. The molecule has 0 spiro atoms. The van der Waals surface area contributed by atoms with Crippen molar-refractivity contribution >= 4 is 11.4 Å². The van der Waals surface area contributed by atoms with Gasteiger partial charge in [-0.2, -0.15) is 0 Å². The number of nitrogens with zero attached hydrogens (tertiary/aromatic N) is 2. The molecule has 0 aliphatic carbocycles. The van der Waals surface area contributed by atoms with Crippen LogP contribution in [0.25, 0.3) is 5.65 Å². The van der Waals surface area contributed by atoms with Crippen molar-refractivity contribution in [2.24, 2.45) is 0 Å². The van der Waals surface area contributed by atoms with Crippen molar-refractivity contribution in [3.63, 3.8) is 0 Å². The van der Waals surface area contributed by atoms with Crippen molar-refractivity contribution in [3.8, 4) is 0 Å². The Hall–Kier alpha value is -1.75. The second kappa shape index (κ2) is 4.02. The number of likely N-dealkylation sites (N-methyl/N-ethyl adjacent to an activating group) is 1. The van der Waals surface area contributed by atoms with Crippen LogP contribution in [0.4, 0.5) is 4.39 Å². The SMILES string of the molecule is CNCC(=O)c1nc2c(F)cccn2c1C. The van der Waals surface area contributed by atoms with Gasteiger partial charge in [0.05, 0.1) is 12.2 Å². The van der Waals surface area contributed by atoms with Crippen molar-refractivity contribution in [2.75, 3.05) is 13.6 Å². The molecule has 84 valence electrons. The first-order chi connectivity index (χ1) is 7.65. The first-order valence-electron chi connectivity index (χ1n) is 4.96. The van der Waals surface area contributed by atoms with Gasteiger partial charge < -0.3 is 9.72 Å². The quantitative estimate of drug-likeness (QED) is 0.792. The third-order valence-electron chi connectivity index (χ3n) is 2.44. The van der Waals surface area contributed by atoms with Crippen molar-refractivity contribution in [2.45, 2.75) is 6.92 Å². The number of Topliss-reactive ketones (excluding diaryl/α,β-unsaturated/α-hetero) is 1. The van der Waals surface area contributed by atoms with Gasteiger partial charge in [-0.1, -0.05) is 0 Å². The Bertz CT molecular complexity index is 547. The number of carbonyl (C=O) groups excluding carboxylic acids is 1. The van der Waals surface area contributed by atoms with E-state index < -0.39 is 5.82 Å². The molecule has 2 aromatic heterocycles. The second-order valence-corrected chi connectivity index (χ2v) is 3.55. The fraction of sp³-hybridized carbons (Fsp3) is 0.273. The largest absolute Gasteiger partial charge is 0.313 e. The lowest BCUT2D eigenvalue weighted by molar-refractivity contribution is 0.0989. The van der Waals surface area contributed by atoms with E-state index in [2.05, 4.69) is 10.3 Å². The van der Waals surface area contributed by atoms with Crippen LogP contribution in [0.5, 0.6) is 0 Å². The molecule has 0 saturated carbocycles. The van der Waals surface area contributed by atoms with E-state index in [1.54, 1.807) is 30.6 Å². The molecular weight excluding hydrogens is 209 g/mol. The lowest BCUT2D eigenvalue weighted by Gasteiger charge is -1.97. The van der Waals surface area contributed by atoms with Gasteiger partial charge in [0.1, 0.15) is 5.69 Å². The van der Waals surface area contributed by atoms with Gasteiger partial charge in [-0.15, -0.1) is 0 Å². The number of carbonyl (C=O) groups is 1. The van der Waals surface area contributed by atoms with Gasteiger partial charge in [-0.3, -0.25) is 4.79 Å². The summed E-state index contributed by atoms with van der Waals surface area (Å²) in [7, 11) is 1.68. The Morgan fingerprint density at radius 1 is 1.62 bits per heavy atom. The maximum Gasteiger partial charge on any atom is 0.196 e. The number of nitrogens with one attached hydrogen (secondary N) is 1. The molecule has 0 saturated heterocycles. The summed E-state index contributed by atoms with van der Waals surface area (Å²) in [6, 6.07) is 2.91. The average Bonchev–Trinajstić information content (AvgIpc) is 2.59. The molecule has 1 N–H and O–H groups in total. The number of fused-ring (bicyclic) bond motifs is 1. The van der Waals surface area contributed by atoms with Crippen LogP contribution >= 0.6 is 0 Å². The van der Waals surface area contributed by atoms with Crippen LogP contribution in [0.2, 0.25) is 0 Å². The Kier molecular flexibility index (Phi) is 2.70.